The fourth-order valence-electron chi connectivity index (χ4n) is 2.78. The highest BCUT2D eigenvalue weighted by Gasteiger charge is 2.13. The van der Waals surface area contributed by atoms with Gasteiger partial charge in [-0.05, 0) is 42.8 Å². The molecule has 2 aromatic carbocycles. The second kappa shape index (κ2) is 7.74. The van der Waals surface area contributed by atoms with Crippen molar-refractivity contribution in [2.45, 2.75) is 6.92 Å². The summed E-state index contributed by atoms with van der Waals surface area (Å²) in [6.07, 6.45) is 1.74. The van der Waals surface area contributed by atoms with Gasteiger partial charge in [-0.25, -0.2) is 14.4 Å². The Kier molecular flexibility index (Phi) is 4.99. The van der Waals surface area contributed by atoms with Gasteiger partial charge in [0.15, 0.2) is 18.2 Å². The van der Waals surface area contributed by atoms with Crippen molar-refractivity contribution >= 4 is 33.3 Å². The van der Waals surface area contributed by atoms with Crippen molar-refractivity contribution in [1.82, 2.24) is 9.97 Å². The van der Waals surface area contributed by atoms with Crippen molar-refractivity contribution in [1.29, 1.82) is 0 Å². The Morgan fingerprint density at radius 3 is 2.82 bits per heavy atom. The van der Waals surface area contributed by atoms with Crippen LogP contribution in [0.15, 0.2) is 60.8 Å². The highest BCUT2D eigenvalue weighted by atomic mass is 32.1. The van der Waals surface area contributed by atoms with E-state index >= 15 is 0 Å². The summed E-state index contributed by atoms with van der Waals surface area (Å²) < 4.78 is 18.9. The number of amides is 1. The maximum atomic E-state index is 13.6. The molecule has 2 aromatic heterocycles. The fraction of sp³-hybridized carbons (Fsp3) is 0.0952. The van der Waals surface area contributed by atoms with E-state index in [0.29, 0.717) is 5.69 Å². The predicted molar refractivity (Wildman–Crippen MR) is 108 cm³/mol. The first kappa shape index (κ1) is 18.1. The third-order valence-corrected chi connectivity index (χ3v) is 5.21. The van der Waals surface area contributed by atoms with Crippen LogP contribution in [0.4, 0.5) is 10.1 Å². The third-order valence-electron chi connectivity index (χ3n) is 4.20. The number of nitrogens with zero attached hydrogens (tertiary/aromatic N) is 2. The van der Waals surface area contributed by atoms with E-state index in [-0.39, 0.29) is 18.3 Å². The number of carbonyl (C=O) groups is 1. The normalized spacial score (nSPS) is 10.8. The van der Waals surface area contributed by atoms with Gasteiger partial charge in [0.25, 0.3) is 5.91 Å². The van der Waals surface area contributed by atoms with Gasteiger partial charge in [-0.2, -0.15) is 0 Å². The quantitative estimate of drug-likeness (QED) is 0.528. The van der Waals surface area contributed by atoms with Crippen molar-refractivity contribution in [3.8, 4) is 16.3 Å². The van der Waals surface area contributed by atoms with Crippen LogP contribution in [0, 0.1) is 12.7 Å². The van der Waals surface area contributed by atoms with Gasteiger partial charge in [0.2, 0.25) is 0 Å². The summed E-state index contributed by atoms with van der Waals surface area (Å²) in [5, 5.41) is 3.66. The average Bonchev–Trinajstić information content (AvgIpc) is 3.13. The van der Waals surface area contributed by atoms with E-state index in [1.165, 1.54) is 23.5 Å². The third kappa shape index (κ3) is 3.70. The molecule has 4 rings (SSSR count). The maximum absolute atomic E-state index is 13.6. The molecule has 2 heterocycles. The molecule has 4 aromatic rings. The molecule has 0 aliphatic heterocycles. The van der Waals surface area contributed by atoms with Gasteiger partial charge in [-0.15, -0.1) is 0 Å². The lowest BCUT2D eigenvalue weighted by Gasteiger charge is -2.12. The number of ether oxygens (including phenoxy) is 1. The molecule has 0 radical (unpaired) electrons. The monoisotopic (exact) mass is 393 g/mol. The molecular weight excluding hydrogens is 377 g/mol. The molecule has 0 spiro atoms. The number of halogens is 1. The van der Waals surface area contributed by atoms with Crippen molar-refractivity contribution in [2.24, 2.45) is 0 Å². The van der Waals surface area contributed by atoms with Crippen LogP contribution in [0.3, 0.4) is 0 Å². The molecule has 0 aliphatic rings. The minimum Gasteiger partial charge on any atom is -0.481 e. The first-order valence-corrected chi connectivity index (χ1v) is 9.42. The van der Waals surface area contributed by atoms with Crippen molar-refractivity contribution < 1.29 is 13.9 Å². The van der Waals surface area contributed by atoms with Gasteiger partial charge < -0.3 is 10.1 Å². The molecule has 0 atom stereocenters. The smallest absolute Gasteiger partial charge is 0.262 e. The summed E-state index contributed by atoms with van der Waals surface area (Å²) in [6, 6.07) is 15.4. The Morgan fingerprint density at radius 1 is 1.14 bits per heavy atom. The molecule has 1 N–H and O–H groups in total. The average molecular weight is 393 g/mol. The van der Waals surface area contributed by atoms with E-state index in [1.54, 1.807) is 18.3 Å². The van der Waals surface area contributed by atoms with Crippen molar-refractivity contribution in [3.63, 3.8) is 0 Å². The van der Waals surface area contributed by atoms with Gasteiger partial charge in [0.05, 0.1) is 0 Å². The summed E-state index contributed by atoms with van der Waals surface area (Å²) in [5.41, 5.74) is 3.32. The van der Waals surface area contributed by atoms with E-state index in [1.807, 2.05) is 37.3 Å². The molecule has 28 heavy (non-hydrogen) atoms. The zero-order valence-corrected chi connectivity index (χ0v) is 15.8. The molecule has 0 fully saturated rings. The van der Waals surface area contributed by atoms with Crippen LogP contribution in [-0.2, 0) is 4.79 Å². The molecule has 5 nitrogen and oxygen atoms in total. The number of fused-ring (bicyclic) bond motifs is 1. The lowest BCUT2D eigenvalue weighted by molar-refractivity contribution is -0.118. The van der Waals surface area contributed by atoms with Crippen LogP contribution in [0.2, 0.25) is 0 Å². The molecule has 7 heteroatoms. The lowest BCUT2D eigenvalue weighted by atomic mass is 10.1. The number of anilines is 1. The molecule has 0 unspecified atom stereocenters. The van der Waals surface area contributed by atoms with Gasteiger partial charge in [0, 0.05) is 17.4 Å². The Bertz CT molecular complexity index is 1130. The molecule has 140 valence electrons. The van der Waals surface area contributed by atoms with E-state index in [9.17, 15) is 9.18 Å². The van der Waals surface area contributed by atoms with Gasteiger partial charge in [-0.1, -0.05) is 35.6 Å². The van der Waals surface area contributed by atoms with Crippen LogP contribution >= 0.6 is 11.3 Å². The number of carbonyl (C=O) groups excluding carboxylic acids is 1. The topological polar surface area (TPSA) is 64.1 Å². The number of rotatable bonds is 5. The second-order valence-corrected chi connectivity index (χ2v) is 7.07. The summed E-state index contributed by atoms with van der Waals surface area (Å²) in [4.78, 5) is 22.1. The van der Waals surface area contributed by atoms with Crippen LogP contribution in [0.5, 0.6) is 5.75 Å². The minimum atomic E-state index is -0.502. The highest BCUT2D eigenvalue weighted by Crippen LogP contribution is 2.33. The maximum Gasteiger partial charge on any atom is 0.262 e. The van der Waals surface area contributed by atoms with Crippen LogP contribution in [0.25, 0.3) is 20.9 Å². The highest BCUT2D eigenvalue weighted by molar-refractivity contribution is 7.21. The zero-order valence-electron chi connectivity index (χ0n) is 15.0. The van der Waals surface area contributed by atoms with Crippen molar-refractivity contribution in [2.75, 3.05) is 11.9 Å². The second-order valence-electron chi connectivity index (χ2n) is 6.09. The largest absolute Gasteiger partial charge is 0.481 e. The number of hydrogen-bond donors (Lipinski definition) is 1. The SMILES string of the molecule is Cc1c(NC(=O)COc2ccccc2F)cccc1-c1nc2cccnc2s1. The van der Waals surface area contributed by atoms with Crippen LogP contribution in [-0.4, -0.2) is 22.5 Å². The van der Waals surface area contributed by atoms with Gasteiger partial charge in [0.1, 0.15) is 15.4 Å². The molecule has 0 saturated heterocycles. The zero-order chi connectivity index (χ0) is 19.5. The van der Waals surface area contributed by atoms with E-state index in [4.69, 9.17) is 4.74 Å². The Morgan fingerprint density at radius 2 is 2.00 bits per heavy atom. The molecular formula is C21H16FN3O2S. The number of nitrogens with one attached hydrogen (secondary N) is 1. The minimum absolute atomic E-state index is 0.0464. The number of aromatic nitrogens is 2. The van der Waals surface area contributed by atoms with E-state index < -0.39 is 5.82 Å². The number of thiazole rings is 1. The van der Waals surface area contributed by atoms with Gasteiger partial charge in [-0.3, -0.25) is 4.79 Å². The first-order valence-electron chi connectivity index (χ1n) is 8.60. The summed E-state index contributed by atoms with van der Waals surface area (Å²) >= 11 is 1.50. The first-order chi connectivity index (χ1) is 13.6. The van der Waals surface area contributed by atoms with E-state index in [0.717, 1.165) is 26.5 Å². The number of hydrogen-bond acceptors (Lipinski definition) is 5. The standard InChI is InChI=1S/C21H16FN3O2S/c1-13-14(20-25-17-9-5-11-23-21(17)28-20)6-4-8-16(13)24-19(26)12-27-18-10-3-2-7-15(18)22/h2-11H,12H2,1H3,(H,24,26). The van der Waals surface area contributed by atoms with Crippen molar-refractivity contribution in [3.05, 3.63) is 72.2 Å². The Balaban J connectivity index is 1.52. The summed E-state index contributed by atoms with van der Waals surface area (Å²) in [6.45, 7) is 1.64. The molecule has 1 amide bonds. The summed E-state index contributed by atoms with van der Waals surface area (Å²) in [5.74, 6) is -0.822. The lowest BCUT2D eigenvalue weighted by Crippen LogP contribution is -2.21. The Labute approximate surface area is 164 Å². The number of para-hydroxylation sites is 1. The van der Waals surface area contributed by atoms with Crippen LogP contribution in [0.1, 0.15) is 5.56 Å². The number of benzene rings is 2. The predicted octanol–water partition coefficient (Wildman–Crippen LogP) is 4.82. The van der Waals surface area contributed by atoms with E-state index in [2.05, 4.69) is 15.3 Å². The Hall–Kier alpha value is -3.32. The number of pyridine rings is 1. The van der Waals surface area contributed by atoms with Gasteiger partial charge >= 0.3 is 0 Å². The molecule has 0 saturated carbocycles. The fourth-order valence-corrected chi connectivity index (χ4v) is 3.77. The van der Waals surface area contributed by atoms with Crippen LogP contribution < -0.4 is 10.1 Å². The summed E-state index contributed by atoms with van der Waals surface area (Å²) in [7, 11) is 0. The molecule has 0 bridgehead atoms. The molecule has 0 aliphatic carbocycles.